The summed E-state index contributed by atoms with van der Waals surface area (Å²) in [6.07, 6.45) is 2.12. The van der Waals surface area contributed by atoms with E-state index in [0.717, 1.165) is 11.5 Å². The molecule has 106 valence electrons. The average molecular weight is 276 g/mol. The van der Waals surface area contributed by atoms with Gasteiger partial charge in [0.2, 0.25) is 0 Å². The molecular weight excluding hydrogens is 260 g/mol. The minimum atomic E-state index is -1.14. The van der Waals surface area contributed by atoms with Crippen molar-refractivity contribution in [2.24, 2.45) is 5.73 Å². The van der Waals surface area contributed by atoms with Gasteiger partial charge in [-0.1, -0.05) is 0 Å². The fourth-order valence-electron chi connectivity index (χ4n) is 2.45. The monoisotopic (exact) mass is 276 g/mol. The smallest absolute Gasteiger partial charge is 0.325 e. The van der Waals surface area contributed by atoms with Gasteiger partial charge in [0.25, 0.3) is 0 Å². The van der Waals surface area contributed by atoms with Crippen LogP contribution in [0.15, 0.2) is 28.8 Å². The molecule has 7 heteroatoms. The highest BCUT2D eigenvalue weighted by Gasteiger charge is 2.41. The molecule has 2 aromatic heterocycles. The highest BCUT2D eigenvalue weighted by atomic mass is 16.4. The van der Waals surface area contributed by atoms with Gasteiger partial charge >= 0.3 is 5.97 Å². The fraction of sp³-hybridized carbons (Fsp3) is 0.385. The predicted octanol–water partition coefficient (Wildman–Crippen LogP) is 0.657. The molecule has 1 aliphatic rings. The summed E-state index contributed by atoms with van der Waals surface area (Å²) in [4.78, 5) is 13.1. The van der Waals surface area contributed by atoms with Crippen molar-refractivity contribution in [2.75, 3.05) is 13.1 Å². The van der Waals surface area contributed by atoms with Crippen molar-refractivity contribution in [3.63, 3.8) is 0 Å². The number of hydrogen-bond acceptors (Lipinski definition) is 5. The van der Waals surface area contributed by atoms with E-state index < -0.39 is 11.5 Å². The highest BCUT2D eigenvalue weighted by Crippen LogP contribution is 2.24. The van der Waals surface area contributed by atoms with Gasteiger partial charge in [0.15, 0.2) is 5.76 Å². The topological polar surface area (TPSA) is 108 Å². The molecule has 20 heavy (non-hydrogen) atoms. The Bertz CT molecular complexity index is 607. The second-order valence-corrected chi connectivity index (χ2v) is 5.16. The van der Waals surface area contributed by atoms with E-state index in [9.17, 15) is 4.79 Å². The molecule has 0 saturated carbocycles. The Morgan fingerprint density at radius 2 is 2.40 bits per heavy atom. The van der Waals surface area contributed by atoms with Gasteiger partial charge in [-0.25, -0.2) is 0 Å². The third-order valence-corrected chi connectivity index (χ3v) is 3.61. The molecule has 0 bridgehead atoms. The molecule has 1 unspecified atom stereocenters. The summed E-state index contributed by atoms with van der Waals surface area (Å²) in [6, 6.07) is 5.58. The summed E-state index contributed by atoms with van der Waals surface area (Å²) in [5.41, 5.74) is 5.52. The Kier molecular flexibility index (Phi) is 3.07. The number of aromatic amines is 1. The van der Waals surface area contributed by atoms with Crippen molar-refractivity contribution in [1.82, 2.24) is 15.1 Å². The third kappa shape index (κ3) is 2.33. The number of carboxylic acids is 1. The van der Waals surface area contributed by atoms with E-state index in [1.165, 1.54) is 0 Å². The number of aromatic nitrogens is 2. The lowest BCUT2D eigenvalue weighted by Gasteiger charge is -2.19. The standard InChI is InChI=1S/C13H16N4O3/c14-13(12(18)19)4-6-17(8-13)7-9-1-2-11(20-9)10-3-5-15-16-10/h1-3,5H,4,6-8,14H2,(H,15,16)(H,18,19). The molecule has 0 spiro atoms. The van der Waals surface area contributed by atoms with Crippen LogP contribution in [-0.4, -0.2) is 44.8 Å². The lowest BCUT2D eigenvalue weighted by molar-refractivity contribution is -0.142. The summed E-state index contributed by atoms with van der Waals surface area (Å²) in [5.74, 6) is 0.552. The molecule has 0 aromatic carbocycles. The van der Waals surface area contributed by atoms with Crippen LogP contribution in [0.25, 0.3) is 11.5 Å². The Labute approximate surface area is 115 Å². The van der Waals surface area contributed by atoms with Gasteiger partial charge in [-0.15, -0.1) is 0 Å². The first-order valence-electron chi connectivity index (χ1n) is 6.40. The zero-order valence-electron chi connectivity index (χ0n) is 10.9. The van der Waals surface area contributed by atoms with Crippen LogP contribution in [0.2, 0.25) is 0 Å². The Balaban J connectivity index is 1.66. The van der Waals surface area contributed by atoms with Crippen LogP contribution in [0.4, 0.5) is 0 Å². The molecule has 4 N–H and O–H groups in total. The fourth-order valence-corrected chi connectivity index (χ4v) is 2.45. The van der Waals surface area contributed by atoms with Gasteiger partial charge in [-0.3, -0.25) is 14.8 Å². The van der Waals surface area contributed by atoms with E-state index >= 15 is 0 Å². The van der Waals surface area contributed by atoms with E-state index in [1.807, 2.05) is 23.1 Å². The zero-order chi connectivity index (χ0) is 14.2. The van der Waals surface area contributed by atoms with E-state index in [1.54, 1.807) is 6.20 Å². The normalized spacial score (nSPS) is 23.2. The molecule has 0 aliphatic carbocycles. The average Bonchev–Trinajstić information content (AvgIpc) is 3.10. The maximum atomic E-state index is 11.1. The van der Waals surface area contributed by atoms with Crippen molar-refractivity contribution < 1.29 is 14.3 Å². The van der Waals surface area contributed by atoms with E-state index in [-0.39, 0.29) is 0 Å². The summed E-state index contributed by atoms with van der Waals surface area (Å²) in [5, 5.41) is 15.8. The first-order valence-corrected chi connectivity index (χ1v) is 6.40. The number of carboxylic acid groups (broad SMARTS) is 1. The maximum absolute atomic E-state index is 11.1. The minimum absolute atomic E-state index is 0.336. The van der Waals surface area contributed by atoms with Crippen LogP contribution in [0.5, 0.6) is 0 Å². The lowest BCUT2D eigenvalue weighted by atomic mass is 10.0. The van der Waals surface area contributed by atoms with E-state index in [4.69, 9.17) is 15.3 Å². The highest BCUT2D eigenvalue weighted by molar-refractivity contribution is 5.79. The number of hydrogen-bond donors (Lipinski definition) is 3. The number of nitrogens with zero attached hydrogens (tertiary/aromatic N) is 2. The number of nitrogens with two attached hydrogens (primary N) is 1. The van der Waals surface area contributed by atoms with Crippen LogP contribution >= 0.6 is 0 Å². The lowest BCUT2D eigenvalue weighted by Crippen LogP contribution is -2.49. The van der Waals surface area contributed by atoms with Crippen molar-refractivity contribution in [2.45, 2.75) is 18.5 Å². The zero-order valence-corrected chi connectivity index (χ0v) is 10.9. The summed E-state index contributed by atoms with van der Waals surface area (Å²) < 4.78 is 5.72. The molecule has 1 atom stereocenters. The SMILES string of the molecule is NC1(C(=O)O)CCN(Cc2ccc(-c3ccn[nH]3)o2)C1. The predicted molar refractivity (Wildman–Crippen MR) is 70.7 cm³/mol. The molecule has 1 fully saturated rings. The minimum Gasteiger partial charge on any atom is -0.480 e. The third-order valence-electron chi connectivity index (χ3n) is 3.61. The summed E-state index contributed by atoms with van der Waals surface area (Å²) >= 11 is 0. The Hall–Kier alpha value is -2.12. The summed E-state index contributed by atoms with van der Waals surface area (Å²) in [6.45, 7) is 1.55. The first-order chi connectivity index (χ1) is 9.57. The quantitative estimate of drug-likeness (QED) is 0.757. The number of aliphatic carboxylic acids is 1. The molecule has 7 nitrogen and oxygen atoms in total. The maximum Gasteiger partial charge on any atom is 0.325 e. The van der Waals surface area contributed by atoms with Crippen molar-refractivity contribution >= 4 is 5.97 Å². The van der Waals surface area contributed by atoms with Gasteiger partial charge in [0.1, 0.15) is 17.0 Å². The molecule has 1 saturated heterocycles. The second-order valence-electron chi connectivity index (χ2n) is 5.16. The molecule has 0 amide bonds. The van der Waals surface area contributed by atoms with Crippen LogP contribution in [-0.2, 0) is 11.3 Å². The molecule has 2 aromatic rings. The van der Waals surface area contributed by atoms with Crippen LogP contribution in [0.3, 0.4) is 0 Å². The largest absolute Gasteiger partial charge is 0.480 e. The number of nitrogens with one attached hydrogen (secondary N) is 1. The van der Waals surface area contributed by atoms with E-state index in [2.05, 4.69) is 10.2 Å². The second kappa shape index (κ2) is 4.77. The van der Waals surface area contributed by atoms with Gasteiger partial charge in [0.05, 0.1) is 6.54 Å². The Morgan fingerprint density at radius 3 is 3.05 bits per heavy atom. The molecule has 0 radical (unpaired) electrons. The number of carbonyl (C=O) groups is 1. The van der Waals surface area contributed by atoms with Gasteiger partial charge < -0.3 is 15.3 Å². The van der Waals surface area contributed by atoms with Crippen LogP contribution in [0, 0.1) is 0 Å². The number of H-pyrrole nitrogens is 1. The Morgan fingerprint density at radius 1 is 1.55 bits per heavy atom. The number of likely N-dealkylation sites (tertiary alicyclic amines) is 1. The van der Waals surface area contributed by atoms with Crippen molar-refractivity contribution in [1.29, 1.82) is 0 Å². The van der Waals surface area contributed by atoms with Gasteiger partial charge in [-0.05, 0) is 24.6 Å². The van der Waals surface area contributed by atoms with Crippen molar-refractivity contribution in [3.05, 3.63) is 30.2 Å². The van der Waals surface area contributed by atoms with E-state index in [0.29, 0.717) is 31.8 Å². The summed E-state index contributed by atoms with van der Waals surface area (Å²) in [7, 11) is 0. The van der Waals surface area contributed by atoms with Crippen LogP contribution in [0.1, 0.15) is 12.2 Å². The molecule has 3 rings (SSSR count). The van der Waals surface area contributed by atoms with Gasteiger partial charge in [-0.2, -0.15) is 5.10 Å². The number of rotatable bonds is 4. The van der Waals surface area contributed by atoms with Crippen LogP contribution < -0.4 is 5.73 Å². The van der Waals surface area contributed by atoms with Gasteiger partial charge in [0, 0.05) is 19.3 Å². The molecular formula is C13H16N4O3. The number of furan rings is 1. The molecule has 3 heterocycles. The first kappa shape index (κ1) is 12.9. The molecule has 1 aliphatic heterocycles. The van der Waals surface area contributed by atoms with Crippen molar-refractivity contribution in [3.8, 4) is 11.5 Å².